The Morgan fingerprint density at radius 1 is 1.19 bits per heavy atom. The number of hydrogen-bond acceptors (Lipinski definition) is 5. The van der Waals surface area contributed by atoms with Gasteiger partial charge in [0.1, 0.15) is 11.5 Å². The van der Waals surface area contributed by atoms with Crippen LogP contribution in [-0.2, 0) is 19.1 Å². The molecule has 114 valence electrons. The molecule has 5 nitrogen and oxygen atoms in total. The molecule has 6 heteroatoms. The molecule has 2 rings (SSSR count). The minimum absolute atomic E-state index is 0.440. The molecule has 0 saturated heterocycles. The number of hydrogen-bond donors (Lipinski definition) is 1. The summed E-state index contributed by atoms with van der Waals surface area (Å²) in [6.07, 6.45) is 14.2. The predicted octanol–water partition coefficient (Wildman–Crippen LogP) is 2.84. The lowest BCUT2D eigenvalue weighted by molar-refractivity contribution is 0.240. The molecule has 0 unspecified atom stereocenters. The first-order valence-corrected chi connectivity index (χ1v) is 8.53. The van der Waals surface area contributed by atoms with Gasteiger partial charge in [0.2, 0.25) is 0 Å². The highest BCUT2D eigenvalue weighted by Crippen LogP contribution is 2.26. The third kappa shape index (κ3) is 5.24. The van der Waals surface area contributed by atoms with Gasteiger partial charge in [0.25, 0.3) is 10.1 Å². The van der Waals surface area contributed by atoms with Gasteiger partial charge in [-0.2, -0.15) is 12.7 Å². The second kappa shape index (κ2) is 6.78. The second-order valence-corrected chi connectivity index (χ2v) is 6.47. The maximum atomic E-state index is 10.9. The molecule has 0 spiro atoms. The van der Waals surface area contributed by atoms with E-state index in [1.165, 1.54) is 0 Å². The predicted molar refractivity (Wildman–Crippen MR) is 81.1 cm³/mol. The van der Waals surface area contributed by atoms with E-state index in [2.05, 4.69) is 22.4 Å². The lowest BCUT2D eigenvalue weighted by atomic mass is 10.0. The summed E-state index contributed by atoms with van der Waals surface area (Å²) in [7, 11) is -3.54. The van der Waals surface area contributed by atoms with E-state index in [0.29, 0.717) is 12.1 Å². The molecule has 1 N–H and O–H groups in total. The van der Waals surface area contributed by atoms with Gasteiger partial charge < -0.3 is 4.74 Å². The van der Waals surface area contributed by atoms with E-state index in [1.807, 2.05) is 24.3 Å². The number of nitrogens with one attached hydrogen (secondary N) is 1. The van der Waals surface area contributed by atoms with Crippen LogP contribution in [0.4, 0.5) is 0 Å². The summed E-state index contributed by atoms with van der Waals surface area (Å²) in [5.41, 5.74) is 3.68. The van der Waals surface area contributed by atoms with E-state index in [9.17, 15) is 8.42 Å². The molecule has 0 atom stereocenters. The fraction of sp³-hybridized carbons (Fsp3) is 0.333. The number of rotatable bonds is 6. The summed E-state index contributed by atoms with van der Waals surface area (Å²) in [4.78, 5) is 0. The summed E-state index contributed by atoms with van der Waals surface area (Å²) in [6.45, 7) is 3.76. The quantitative estimate of drug-likeness (QED) is 0.764. The first-order valence-electron chi connectivity index (χ1n) is 6.71. The Bertz CT molecular complexity index is 639. The van der Waals surface area contributed by atoms with Gasteiger partial charge in [-0.15, -0.1) is 0 Å². The van der Waals surface area contributed by atoms with Crippen LogP contribution in [0.5, 0.6) is 0 Å². The summed E-state index contributed by atoms with van der Waals surface area (Å²) in [5, 5.41) is 0. The first kappa shape index (κ1) is 15.6. The zero-order chi connectivity index (χ0) is 15.3. The van der Waals surface area contributed by atoms with Crippen molar-refractivity contribution in [2.75, 3.05) is 6.26 Å². The summed E-state index contributed by atoms with van der Waals surface area (Å²) >= 11 is 0. The average Bonchev–Trinajstić information content (AvgIpc) is 2.46. The zero-order valence-electron chi connectivity index (χ0n) is 12.0. The monoisotopic (exact) mass is 309 g/mol. The van der Waals surface area contributed by atoms with Crippen LogP contribution in [0.2, 0.25) is 0 Å². The minimum atomic E-state index is -3.54. The normalized spacial score (nSPS) is 18.4. The maximum Gasteiger partial charge on any atom is 0.284 e. The van der Waals surface area contributed by atoms with Crippen molar-refractivity contribution >= 4 is 10.1 Å². The van der Waals surface area contributed by atoms with Crippen molar-refractivity contribution in [3.05, 3.63) is 59.7 Å². The van der Waals surface area contributed by atoms with E-state index in [4.69, 9.17) is 4.74 Å². The summed E-state index contributed by atoms with van der Waals surface area (Å²) in [6, 6.07) is 0. The maximum absolute atomic E-state index is 10.9. The van der Waals surface area contributed by atoms with Crippen molar-refractivity contribution in [2.24, 2.45) is 0 Å². The molecule has 0 aliphatic heterocycles. The molecule has 0 amide bonds. The summed E-state index contributed by atoms with van der Waals surface area (Å²) < 4.78 is 32.1. The molecule has 2 aliphatic rings. The van der Waals surface area contributed by atoms with Crippen LogP contribution in [0, 0.1) is 0 Å². The number of allylic oxidation sites excluding steroid dienone is 8. The van der Waals surface area contributed by atoms with E-state index in [0.717, 1.165) is 42.6 Å². The van der Waals surface area contributed by atoms with Crippen molar-refractivity contribution < 1.29 is 17.4 Å². The van der Waals surface area contributed by atoms with Crippen LogP contribution < -0.4 is 5.48 Å². The second-order valence-electron chi connectivity index (χ2n) is 4.89. The van der Waals surface area contributed by atoms with E-state index in [1.54, 1.807) is 0 Å². The molecule has 0 radical (unpaired) electrons. The molecule has 0 heterocycles. The SMILES string of the molecule is C=C(NOS(C)(=O)=O)C1=CC=C(OC2=CC=CCC2)CC1. The highest BCUT2D eigenvalue weighted by molar-refractivity contribution is 7.85. The Labute approximate surface area is 125 Å². The van der Waals surface area contributed by atoms with Gasteiger partial charge in [0.15, 0.2) is 0 Å². The lowest BCUT2D eigenvalue weighted by Gasteiger charge is -2.19. The van der Waals surface area contributed by atoms with Gasteiger partial charge in [-0.05, 0) is 30.6 Å². The van der Waals surface area contributed by atoms with E-state index < -0.39 is 10.1 Å². The van der Waals surface area contributed by atoms with Gasteiger partial charge >= 0.3 is 0 Å². The molecule has 0 aromatic carbocycles. The van der Waals surface area contributed by atoms with Crippen molar-refractivity contribution in [1.29, 1.82) is 0 Å². The third-order valence-electron chi connectivity index (χ3n) is 3.05. The fourth-order valence-corrected chi connectivity index (χ4v) is 2.23. The number of ether oxygens (including phenoxy) is 1. The lowest BCUT2D eigenvalue weighted by Crippen LogP contribution is -2.19. The Balaban J connectivity index is 1.91. The largest absolute Gasteiger partial charge is 0.466 e. The van der Waals surface area contributed by atoms with Gasteiger partial charge in [0.05, 0.1) is 12.0 Å². The smallest absolute Gasteiger partial charge is 0.284 e. The number of hydroxylamine groups is 1. The van der Waals surface area contributed by atoms with Crippen molar-refractivity contribution in [3.63, 3.8) is 0 Å². The minimum Gasteiger partial charge on any atom is -0.466 e. The van der Waals surface area contributed by atoms with Crippen LogP contribution in [0.3, 0.4) is 0 Å². The van der Waals surface area contributed by atoms with Crippen molar-refractivity contribution in [1.82, 2.24) is 5.48 Å². The van der Waals surface area contributed by atoms with Crippen LogP contribution in [0.1, 0.15) is 25.7 Å². The van der Waals surface area contributed by atoms with E-state index >= 15 is 0 Å². The summed E-state index contributed by atoms with van der Waals surface area (Å²) in [5.74, 6) is 1.87. The molecule has 0 bridgehead atoms. The Kier molecular flexibility index (Phi) is 5.03. The van der Waals surface area contributed by atoms with Crippen LogP contribution in [0.25, 0.3) is 0 Å². The van der Waals surface area contributed by atoms with Crippen molar-refractivity contribution in [3.8, 4) is 0 Å². The standard InChI is InChI=1S/C15H19NO4S/c1-12(16-20-21(2,17)18)13-8-10-15(11-9-13)19-14-6-4-3-5-7-14/h3-4,6,8,10,16H,1,5,7,9,11H2,2H3. The topological polar surface area (TPSA) is 64.6 Å². The Morgan fingerprint density at radius 2 is 1.95 bits per heavy atom. The first-order chi connectivity index (χ1) is 9.94. The highest BCUT2D eigenvalue weighted by Gasteiger charge is 2.13. The molecular formula is C15H19NO4S. The molecule has 2 aliphatic carbocycles. The van der Waals surface area contributed by atoms with Gasteiger partial charge in [0, 0.05) is 12.8 Å². The van der Waals surface area contributed by atoms with Crippen LogP contribution in [0.15, 0.2) is 59.7 Å². The Morgan fingerprint density at radius 3 is 2.52 bits per heavy atom. The molecule has 0 aromatic heterocycles. The van der Waals surface area contributed by atoms with Gasteiger partial charge in [-0.1, -0.05) is 24.8 Å². The van der Waals surface area contributed by atoms with Crippen LogP contribution in [-0.4, -0.2) is 14.7 Å². The molecule has 0 saturated carbocycles. The molecule has 21 heavy (non-hydrogen) atoms. The van der Waals surface area contributed by atoms with Crippen LogP contribution >= 0.6 is 0 Å². The zero-order valence-corrected chi connectivity index (χ0v) is 12.8. The highest BCUT2D eigenvalue weighted by atomic mass is 32.2. The van der Waals surface area contributed by atoms with E-state index in [-0.39, 0.29) is 0 Å². The van der Waals surface area contributed by atoms with Crippen molar-refractivity contribution in [2.45, 2.75) is 25.7 Å². The molecule has 0 aromatic rings. The Hall–Kier alpha value is -1.79. The molecular weight excluding hydrogens is 290 g/mol. The average molecular weight is 309 g/mol. The third-order valence-corrected chi connectivity index (χ3v) is 3.44. The fourth-order valence-electron chi connectivity index (χ4n) is 1.98. The van der Waals surface area contributed by atoms with Gasteiger partial charge in [-0.25, -0.2) is 5.48 Å². The molecule has 0 fully saturated rings. The van der Waals surface area contributed by atoms with Gasteiger partial charge in [-0.3, -0.25) is 0 Å².